The fourth-order valence-corrected chi connectivity index (χ4v) is 3.57. The van der Waals surface area contributed by atoms with Gasteiger partial charge in [-0.2, -0.15) is 0 Å². The van der Waals surface area contributed by atoms with Crippen molar-refractivity contribution in [2.24, 2.45) is 16.8 Å². The van der Waals surface area contributed by atoms with E-state index >= 15 is 0 Å². The Bertz CT molecular complexity index is 348. The quantitative estimate of drug-likeness (QED) is 0.331. The van der Waals surface area contributed by atoms with E-state index in [1.165, 1.54) is 19.3 Å². The third kappa shape index (κ3) is 7.44. The van der Waals surface area contributed by atoms with Crippen LogP contribution in [0.5, 0.6) is 0 Å². The number of halogens is 1. The number of nitrogens with zero attached hydrogens (tertiary/aromatic N) is 3. The van der Waals surface area contributed by atoms with Crippen molar-refractivity contribution in [3.05, 3.63) is 0 Å². The number of nitrogens with one attached hydrogen (secondary N) is 1. The highest BCUT2D eigenvalue weighted by atomic mass is 127. The standard InChI is InChI=1S/C18H38N4O.HI/c1-7-16(8-2)17(21(4)5)12-20-18(19-9-3)22-11-10-15(13-22)14-23-6;/h15-17H,7-14H2,1-6H3,(H,19,20);1H. The number of hydrogen-bond donors (Lipinski definition) is 1. The average Bonchev–Trinajstić information content (AvgIpc) is 2.98. The van der Waals surface area contributed by atoms with Crippen LogP contribution in [0.25, 0.3) is 0 Å². The molecule has 1 rings (SSSR count). The lowest BCUT2D eigenvalue weighted by molar-refractivity contribution is 0.157. The first-order chi connectivity index (χ1) is 11.1. The Labute approximate surface area is 166 Å². The molecule has 0 aliphatic carbocycles. The first kappa shape index (κ1) is 23.9. The van der Waals surface area contributed by atoms with Gasteiger partial charge in [-0.1, -0.05) is 26.7 Å². The Morgan fingerprint density at radius 3 is 2.46 bits per heavy atom. The second-order valence-corrected chi connectivity index (χ2v) is 6.86. The maximum Gasteiger partial charge on any atom is 0.193 e. The normalized spacial score (nSPS) is 19.8. The minimum Gasteiger partial charge on any atom is -0.384 e. The van der Waals surface area contributed by atoms with Crippen molar-refractivity contribution in [1.82, 2.24) is 15.1 Å². The molecule has 0 aromatic carbocycles. The Morgan fingerprint density at radius 1 is 1.29 bits per heavy atom. The summed E-state index contributed by atoms with van der Waals surface area (Å²) in [6.07, 6.45) is 3.62. The van der Waals surface area contributed by atoms with Crippen LogP contribution >= 0.6 is 24.0 Å². The zero-order chi connectivity index (χ0) is 17.2. The van der Waals surface area contributed by atoms with E-state index in [1.807, 2.05) is 0 Å². The molecule has 0 saturated carbocycles. The Balaban J connectivity index is 0.00000529. The predicted molar refractivity (Wildman–Crippen MR) is 114 cm³/mol. The zero-order valence-corrected chi connectivity index (χ0v) is 18.9. The van der Waals surface area contributed by atoms with Crippen molar-refractivity contribution >= 4 is 29.9 Å². The van der Waals surface area contributed by atoms with E-state index in [9.17, 15) is 0 Å². The lowest BCUT2D eigenvalue weighted by Crippen LogP contribution is -2.43. The van der Waals surface area contributed by atoms with Crippen molar-refractivity contribution in [2.45, 2.75) is 46.1 Å². The summed E-state index contributed by atoms with van der Waals surface area (Å²) in [5.41, 5.74) is 0. The van der Waals surface area contributed by atoms with Gasteiger partial charge in [0.2, 0.25) is 0 Å². The smallest absolute Gasteiger partial charge is 0.193 e. The average molecular weight is 454 g/mol. The molecule has 0 spiro atoms. The number of likely N-dealkylation sites (tertiary alicyclic amines) is 1. The van der Waals surface area contributed by atoms with Crippen LogP contribution in [0.3, 0.4) is 0 Å². The molecule has 6 heteroatoms. The van der Waals surface area contributed by atoms with Crippen LogP contribution in [0.15, 0.2) is 4.99 Å². The summed E-state index contributed by atoms with van der Waals surface area (Å²) in [6.45, 7) is 11.5. The molecule has 1 aliphatic rings. The summed E-state index contributed by atoms with van der Waals surface area (Å²) in [7, 11) is 6.14. The van der Waals surface area contributed by atoms with Crippen molar-refractivity contribution in [3.8, 4) is 0 Å². The first-order valence-electron chi connectivity index (χ1n) is 9.25. The summed E-state index contributed by atoms with van der Waals surface area (Å²) in [5.74, 6) is 2.41. The zero-order valence-electron chi connectivity index (χ0n) is 16.5. The minimum atomic E-state index is 0. The van der Waals surface area contributed by atoms with E-state index in [2.05, 4.69) is 50.0 Å². The molecule has 24 heavy (non-hydrogen) atoms. The SMILES string of the molecule is CCNC(=NCC(C(CC)CC)N(C)C)N1CCC(COC)C1.I. The largest absolute Gasteiger partial charge is 0.384 e. The number of likely N-dealkylation sites (N-methyl/N-ethyl adjacent to an activating group) is 1. The van der Waals surface area contributed by atoms with E-state index in [0.717, 1.165) is 38.7 Å². The second-order valence-electron chi connectivity index (χ2n) is 6.86. The van der Waals surface area contributed by atoms with Gasteiger partial charge in [0.1, 0.15) is 0 Å². The van der Waals surface area contributed by atoms with Crippen LogP contribution in [-0.4, -0.2) is 75.8 Å². The van der Waals surface area contributed by atoms with Crippen LogP contribution in [-0.2, 0) is 4.74 Å². The third-order valence-electron chi connectivity index (χ3n) is 5.01. The first-order valence-corrected chi connectivity index (χ1v) is 9.25. The number of aliphatic imine (C=N–C) groups is 1. The van der Waals surface area contributed by atoms with Gasteiger partial charge in [0, 0.05) is 38.7 Å². The molecule has 1 saturated heterocycles. The van der Waals surface area contributed by atoms with Crippen LogP contribution < -0.4 is 5.32 Å². The fourth-order valence-electron chi connectivity index (χ4n) is 3.57. The molecule has 2 atom stereocenters. The van der Waals surface area contributed by atoms with Crippen molar-refractivity contribution in [3.63, 3.8) is 0 Å². The Morgan fingerprint density at radius 2 is 1.96 bits per heavy atom. The number of ether oxygens (including phenoxy) is 1. The molecule has 1 fully saturated rings. The van der Waals surface area contributed by atoms with Gasteiger partial charge in [-0.25, -0.2) is 0 Å². The molecule has 2 unspecified atom stereocenters. The van der Waals surface area contributed by atoms with Gasteiger partial charge in [-0.05, 0) is 33.4 Å². The summed E-state index contributed by atoms with van der Waals surface area (Å²) in [6, 6.07) is 0.510. The summed E-state index contributed by atoms with van der Waals surface area (Å²) < 4.78 is 5.31. The number of hydrogen-bond acceptors (Lipinski definition) is 3. The minimum absolute atomic E-state index is 0. The number of methoxy groups -OCH3 is 1. The van der Waals surface area contributed by atoms with Crippen LogP contribution in [0.1, 0.15) is 40.0 Å². The molecular weight excluding hydrogens is 415 g/mol. The van der Waals surface area contributed by atoms with E-state index in [4.69, 9.17) is 9.73 Å². The molecule has 0 aromatic heterocycles. The van der Waals surface area contributed by atoms with Crippen molar-refractivity contribution in [2.75, 3.05) is 54.0 Å². The predicted octanol–water partition coefficient (Wildman–Crippen LogP) is 2.90. The van der Waals surface area contributed by atoms with Gasteiger partial charge in [-0.3, -0.25) is 4.99 Å². The second kappa shape index (κ2) is 13.2. The molecule has 0 bridgehead atoms. The van der Waals surface area contributed by atoms with Crippen LogP contribution in [0.2, 0.25) is 0 Å². The fraction of sp³-hybridized carbons (Fsp3) is 0.944. The highest BCUT2D eigenvalue weighted by molar-refractivity contribution is 14.0. The van der Waals surface area contributed by atoms with E-state index in [0.29, 0.717) is 17.9 Å². The third-order valence-corrected chi connectivity index (χ3v) is 5.01. The van der Waals surface area contributed by atoms with Gasteiger partial charge in [0.05, 0.1) is 13.2 Å². The number of guanidine groups is 1. The van der Waals surface area contributed by atoms with Gasteiger partial charge >= 0.3 is 0 Å². The highest BCUT2D eigenvalue weighted by Crippen LogP contribution is 2.19. The van der Waals surface area contributed by atoms with Gasteiger partial charge in [0.15, 0.2) is 5.96 Å². The topological polar surface area (TPSA) is 40.1 Å². The highest BCUT2D eigenvalue weighted by Gasteiger charge is 2.26. The van der Waals surface area contributed by atoms with Crippen molar-refractivity contribution < 1.29 is 4.74 Å². The Kier molecular flexibility index (Phi) is 13.1. The lowest BCUT2D eigenvalue weighted by atomic mass is 9.93. The molecule has 1 heterocycles. The summed E-state index contributed by atoms with van der Waals surface area (Å²) >= 11 is 0. The Hall–Kier alpha value is -0.0800. The van der Waals surface area contributed by atoms with E-state index in [1.54, 1.807) is 7.11 Å². The van der Waals surface area contributed by atoms with Gasteiger partial charge in [0.25, 0.3) is 0 Å². The summed E-state index contributed by atoms with van der Waals surface area (Å²) in [4.78, 5) is 9.71. The van der Waals surface area contributed by atoms with Crippen LogP contribution in [0.4, 0.5) is 0 Å². The molecule has 1 N–H and O–H groups in total. The maximum absolute atomic E-state index is 5.31. The molecule has 0 aromatic rings. The monoisotopic (exact) mass is 454 g/mol. The van der Waals surface area contributed by atoms with E-state index in [-0.39, 0.29) is 24.0 Å². The molecular formula is C18H39IN4O. The molecule has 0 amide bonds. The van der Waals surface area contributed by atoms with Crippen LogP contribution in [0, 0.1) is 11.8 Å². The summed E-state index contributed by atoms with van der Waals surface area (Å²) in [5, 5.41) is 3.47. The lowest BCUT2D eigenvalue weighted by Gasteiger charge is -2.31. The maximum atomic E-state index is 5.31. The molecule has 1 aliphatic heterocycles. The molecule has 5 nitrogen and oxygen atoms in total. The number of rotatable bonds is 9. The van der Waals surface area contributed by atoms with E-state index < -0.39 is 0 Å². The van der Waals surface area contributed by atoms with Gasteiger partial charge in [-0.15, -0.1) is 24.0 Å². The van der Waals surface area contributed by atoms with Gasteiger partial charge < -0.3 is 19.9 Å². The van der Waals surface area contributed by atoms with Crippen molar-refractivity contribution in [1.29, 1.82) is 0 Å². The molecule has 0 radical (unpaired) electrons. The molecule has 144 valence electrons.